The van der Waals surface area contributed by atoms with E-state index in [1.165, 1.54) is 0 Å². The first-order chi connectivity index (χ1) is 9.27. The van der Waals surface area contributed by atoms with Crippen molar-refractivity contribution < 1.29 is 14.7 Å². The van der Waals surface area contributed by atoms with Gasteiger partial charge in [-0.3, -0.25) is 14.5 Å². The molecule has 5 nitrogen and oxygen atoms in total. The van der Waals surface area contributed by atoms with Gasteiger partial charge in [0.15, 0.2) is 0 Å². The quantitative estimate of drug-likeness (QED) is 0.666. The Bertz CT molecular complexity index is 305. The van der Waals surface area contributed by atoms with Crippen molar-refractivity contribution in [1.29, 1.82) is 0 Å². The van der Waals surface area contributed by atoms with Crippen LogP contribution in [0.15, 0.2) is 0 Å². The molecule has 1 N–H and O–H groups in total. The van der Waals surface area contributed by atoms with Crippen LogP contribution in [0.4, 0.5) is 0 Å². The van der Waals surface area contributed by atoms with E-state index in [1.54, 1.807) is 11.8 Å². The maximum atomic E-state index is 12.1. The second kappa shape index (κ2) is 9.75. The lowest BCUT2D eigenvalue weighted by atomic mass is 10.1. The number of carbonyl (C=O) groups excluding carboxylic acids is 1. The van der Waals surface area contributed by atoms with Gasteiger partial charge >= 0.3 is 5.97 Å². The number of unbranched alkanes of at least 4 members (excludes halogenated alkanes) is 1. The molecule has 5 heteroatoms. The molecule has 0 aromatic heterocycles. The van der Waals surface area contributed by atoms with Crippen LogP contribution in [0.25, 0.3) is 0 Å². The highest BCUT2D eigenvalue weighted by Crippen LogP contribution is 2.06. The summed E-state index contributed by atoms with van der Waals surface area (Å²) >= 11 is 0. The molecule has 0 heterocycles. The second-order valence-corrected chi connectivity index (χ2v) is 6.00. The highest BCUT2D eigenvalue weighted by molar-refractivity contribution is 5.78. The van der Waals surface area contributed by atoms with Crippen molar-refractivity contribution in [1.82, 2.24) is 9.80 Å². The number of aliphatic carboxylic acids is 1. The van der Waals surface area contributed by atoms with Gasteiger partial charge in [-0.15, -0.1) is 0 Å². The van der Waals surface area contributed by atoms with Gasteiger partial charge in [0.05, 0.1) is 12.5 Å². The van der Waals surface area contributed by atoms with E-state index in [0.29, 0.717) is 19.0 Å². The van der Waals surface area contributed by atoms with Crippen LogP contribution in [-0.2, 0) is 9.59 Å². The van der Waals surface area contributed by atoms with Crippen LogP contribution >= 0.6 is 0 Å². The summed E-state index contributed by atoms with van der Waals surface area (Å²) in [6.45, 7) is 10.1. The normalized spacial score (nSPS) is 12.8. The summed E-state index contributed by atoms with van der Waals surface area (Å²) in [5, 5.41) is 9.00. The van der Waals surface area contributed by atoms with E-state index in [-0.39, 0.29) is 5.91 Å². The van der Waals surface area contributed by atoms with Gasteiger partial charge in [0.2, 0.25) is 5.91 Å². The van der Waals surface area contributed by atoms with E-state index < -0.39 is 11.9 Å². The Hall–Kier alpha value is -1.10. The minimum absolute atomic E-state index is 0.0664. The average Bonchev–Trinajstić information content (AvgIpc) is 2.34. The van der Waals surface area contributed by atoms with E-state index in [4.69, 9.17) is 5.11 Å². The third-order valence-corrected chi connectivity index (χ3v) is 3.21. The Balaban J connectivity index is 4.47. The Morgan fingerprint density at radius 3 is 2.20 bits per heavy atom. The largest absolute Gasteiger partial charge is 0.481 e. The molecule has 0 fully saturated rings. The monoisotopic (exact) mass is 286 g/mol. The van der Waals surface area contributed by atoms with Crippen molar-refractivity contribution in [2.45, 2.75) is 40.5 Å². The van der Waals surface area contributed by atoms with Crippen molar-refractivity contribution in [2.75, 3.05) is 33.2 Å². The first-order valence-corrected chi connectivity index (χ1v) is 7.47. The van der Waals surface area contributed by atoms with Crippen molar-refractivity contribution in [3.8, 4) is 0 Å². The molecule has 0 aromatic rings. The van der Waals surface area contributed by atoms with Crippen molar-refractivity contribution in [3.05, 3.63) is 0 Å². The predicted molar refractivity (Wildman–Crippen MR) is 80.6 cm³/mol. The molecule has 1 amide bonds. The first-order valence-electron chi connectivity index (χ1n) is 7.47. The first kappa shape index (κ1) is 18.9. The lowest BCUT2D eigenvalue weighted by Crippen LogP contribution is -2.42. The number of rotatable bonds is 10. The lowest BCUT2D eigenvalue weighted by Gasteiger charge is -2.27. The number of hydrogen-bond donors (Lipinski definition) is 1. The second-order valence-electron chi connectivity index (χ2n) is 6.00. The molecule has 0 bridgehead atoms. The van der Waals surface area contributed by atoms with Gasteiger partial charge in [-0.1, -0.05) is 34.1 Å². The van der Waals surface area contributed by atoms with Gasteiger partial charge in [0, 0.05) is 26.7 Å². The van der Waals surface area contributed by atoms with Gasteiger partial charge in [-0.05, 0) is 12.3 Å². The molecule has 0 radical (unpaired) electrons. The highest BCUT2D eigenvalue weighted by Gasteiger charge is 2.20. The van der Waals surface area contributed by atoms with Crippen LogP contribution in [0.3, 0.4) is 0 Å². The minimum atomic E-state index is -0.814. The summed E-state index contributed by atoms with van der Waals surface area (Å²) in [5.74, 6) is -0.797. The van der Waals surface area contributed by atoms with Gasteiger partial charge in [0.1, 0.15) is 0 Å². The molecule has 1 unspecified atom stereocenters. The zero-order chi connectivity index (χ0) is 15.7. The number of nitrogens with zero attached hydrogens (tertiary/aromatic N) is 2. The van der Waals surface area contributed by atoms with Crippen LogP contribution in [0, 0.1) is 11.8 Å². The molecule has 0 saturated carbocycles. The summed E-state index contributed by atoms with van der Waals surface area (Å²) in [7, 11) is 1.81. The van der Waals surface area contributed by atoms with Gasteiger partial charge < -0.3 is 10.0 Å². The van der Waals surface area contributed by atoms with Crippen LogP contribution < -0.4 is 0 Å². The number of carboxylic acids is 1. The lowest BCUT2D eigenvalue weighted by molar-refractivity contribution is -0.142. The Kier molecular flexibility index (Phi) is 9.21. The molecule has 0 spiro atoms. The molecule has 0 rings (SSSR count). The van der Waals surface area contributed by atoms with E-state index in [0.717, 1.165) is 25.9 Å². The molecular weight excluding hydrogens is 256 g/mol. The fourth-order valence-electron chi connectivity index (χ4n) is 2.02. The molecule has 118 valence electrons. The maximum absolute atomic E-state index is 12.1. The highest BCUT2D eigenvalue weighted by atomic mass is 16.4. The van der Waals surface area contributed by atoms with E-state index in [9.17, 15) is 9.59 Å². The van der Waals surface area contributed by atoms with Crippen LogP contribution in [0.5, 0.6) is 0 Å². The molecule has 0 aliphatic carbocycles. The van der Waals surface area contributed by atoms with Crippen LogP contribution in [0.1, 0.15) is 40.5 Å². The summed E-state index contributed by atoms with van der Waals surface area (Å²) in [5.41, 5.74) is 0. The number of carboxylic acid groups (broad SMARTS) is 1. The molecular formula is C15H30N2O3. The van der Waals surface area contributed by atoms with Crippen molar-refractivity contribution in [3.63, 3.8) is 0 Å². The number of carbonyl (C=O) groups is 2. The predicted octanol–water partition coefficient (Wildman–Crippen LogP) is 1.92. The van der Waals surface area contributed by atoms with E-state index in [2.05, 4.69) is 20.8 Å². The minimum Gasteiger partial charge on any atom is -0.481 e. The third-order valence-electron chi connectivity index (χ3n) is 3.21. The van der Waals surface area contributed by atoms with E-state index >= 15 is 0 Å². The molecule has 0 aliphatic rings. The van der Waals surface area contributed by atoms with E-state index in [1.807, 2.05) is 11.9 Å². The molecule has 20 heavy (non-hydrogen) atoms. The Labute approximate surface area is 122 Å². The molecule has 0 saturated heterocycles. The standard InChI is InChI=1S/C15H30N2O3/c1-6-7-8-16(5)14(18)11-17(9-12(2)3)10-13(4)15(19)20/h12-13H,6-11H2,1-5H3,(H,19,20). The smallest absolute Gasteiger partial charge is 0.307 e. The summed E-state index contributed by atoms with van der Waals surface area (Å²) in [6.07, 6.45) is 2.06. The number of hydrogen-bond acceptors (Lipinski definition) is 3. The van der Waals surface area contributed by atoms with Gasteiger partial charge in [-0.25, -0.2) is 0 Å². The molecule has 0 aromatic carbocycles. The average molecular weight is 286 g/mol. The Morgan fingerprint density at radius 2 is 1.75 bits per heavy atom. The van der Waals surface area contributed by atoms with Crippen LogP contribution in [0.2, 0.25) is 0 Å². The van der Waals surface area contributed by atoms with Gasteiger partial charge in [0.25, 0.3) is 0 Å². The fraction of sp³-hybridized carbons (Fsp3) is 0.867. The fourth-order valence-corrected chi connectivity index (χ4v) is 2.02. The third kappa shape index (κ3) is 8.15. The topological polar surface area (TPSA) is 60.9 Å². The van der Waals surface area contributed by atoms with Gasteiger partial charge in [-0.2, -0.15) is 0 Å². The number of amides is 1. The summed E-state index contributed by atoms with van der Waals surface area (Å²) in [6, 6.07) is 0. The van der Waals surface area contributed by atoms with Crippen molar-refractivity contribution in [2.24, 2.45) is 11.8 Å². The van der Waals surface area contributed by atoms with Crippen molar-refractivity contribution >= 4 is 11.9 Å². The Morgan fingerprint density at radius 1 is 1.15 bits per heavy atom. The SMILES string of the molecule is CCCCN(C)C(=O)CN(CC(C)C)CC(C)C(=O)O. The molecule has 1 atom stereocenters. The summed E-state index contributed by atoms with van der Waals surface area (Å²) < 4.78 is 0. The zero-order valence-electron chi connectivity index (χ0n) is 13.6. The van der Waals surface area contributed by atoms with Crippen LogP contribution in [-0.4, -0.2) is 60.0 Å². The number of likely N-dealkylation sites (N-methyl/N-ethyl adjacent to an activating group) is 1. The zero-order valence-corrected chi connectivity index (χ0v) is 13.6. The molecule has 0 aliphatic heterocycles. The maximum Gasteiger partial charge on any atom is 0.307 e. The summed E-state index contributed by atoms with van der Waals surface area (Å²) in [4.78, 5) is 26.8.